The van der Waals surface area contributed by atoms with E-state index in [4.69, 9.17) is 0 Å². The third-order valence-electron chi connectivity index (χ3n) is 7.03. The van der Waals surface area contributed by atoms with Crippen LogP contribution in [0.4, 0.5) is 0 Å². The summed E-state index contributed by atoms with van der Waals surface area (Å²) in [5, 5.41) is 2.65. The van der Waals surface area contributed by atoms with Gasteiger partial charge in [-0.1, -0.05) is 119 Å². The molecule has 0 aromatic heterocycles. The minimum atomic E-state index is 0.451. The molecule has 0 aliphatic heterocycles. The van der Waals surface area contributed by atoms with Gasteiger partial charge in [-0.25, -0.2) is 0 Å². The van der Waals surface area contributed by atoms with Crippen LogP contribution in [0.15, 0.2) is 108 Å². The maximum Gasteiger partial charge on any atom is 0.0257 e. The highest BCUT2D eigenvalue weighted by Gasteiger charge is 2.24. The highest BCUT2D eigenvalue weighted by Crippen LogP contribution is 2.44. The van der Waals surface area contributed by atoms with Crippen molar-refractivity contribution in [2.24, 2.45) is 0 Å². The van der Waals surface area contributed by atoms with E-state index >= 15 is 0 Å². The highest BCUT2D eigenvalue weighted by molar-refractivity contribution is 9.10. The Morgan fingerprint density at radius 1 is 0.636 bits per heavy atom. The van der Waals surface area contributed by atoms with Crippen LogP contribution in [-0.4, -0.2) is 0 Å². The first-order chi connectivity index (χ1) is 16.2. The smallest absolute Gasteiger partial charge is 0.0257 e. The van der Waals surface area contributed by atoms with Crippen molar-refractivity contribution in [3.05, 3.63) is 130 Å². The van der Waals surface area contributed by atoms with Crippen molar-refractivity contribution < 1.29 is 0 Å². The van der Waals surface area contributed by atoms with E-state index in [0.29, 0.717) is 5.92 Å². The first kappa shape index (κ1) is 20.4. The van der Waals surface area contributed by atoms with E-state index in [1.807, 2.05) is 0 Å². The lowest BCUT2D eigenvalue weighted by molar-refractivity contribution is 0.689. The number of benzene rings is 5. The number of hydrogen-bond donors (Lipinski definition) is 0. The molecule has 1 aliphatic carbocycles. The molecule has 5 aromatic carbocycles. The van der Waals surface area contributed by atoms with Crippen LogP contribution in [0.3, 0.4) is 0 Å². The van der Waals surface area contributed by atoms with Gasteiger partial charge in [-0.15, -0.1) is 0 Å². The molecule has 1 atom stereocenters. The molecule has 0 nitrogen and oxygen atoms in total. The Balaban J connectivity index is 1.48. The van der Waals surface area contributed by atoms with Gasteiger partial charge in [0.15, 0.2) is 0 Å². The highest BCUT2D eigenvalue weighted by atomic mass is 79.9. The van der Waals surface area contributed by atoms with Gasteiger partial charge in [-0.05, 0) is 81.5 Å². The third kappa shape index (κ3) is 3.71. The second kappa shape index (κ2) is 8.32. The van der Waals surface area contributed by atoms with Crippen LogP contribution >= 0.6 is 15.9 Å². The fourth-order valence-corrected chi connectivity index (χ4v) is 5.99. The zero-order chi connectivity index (χ0) is 22.4. The van der Waals surface area contributed by atoms with Crippen molar-refractivity contribution in [1.82, 2.24) is 0 Å². The Hall–Kier alpha value is -3.16. The first-order valence-electron chi connectivity index (χ1n) is 11.6. The summed E-state index contributed by atoms with van der Waals surface area (Å²) in [4.78, 5) is 0. The number of hydrogen-bond acceptors (Lipinski definition) is 0. The van der Waals surface area contributed by atoms with Crippen LogP contribution in [-0.2, 0) is 12.8 Å². The molecular formula is C32H25Br. The van der Waals surface area contributed by atoms with Gasteiger partial charge < -0.3 is 0 Å². The number of halogens is 1. The minimum Gasteiger partial charge on any atom is -0.0622 e. The molecule has 33 heavy (non-hydrogen) atoms. The zero-order valence-corrected chi connectivity index (χ0v) is 20.3. The predicted octanol–water partition coefficient (Wildman–Crippen LogP) is 9.13. The van der Waals surface area contributed by atoms with E-state index < -0.39 is 0 Å². The lowest BCUT2D eigenvalue weighted by atomic mass is 9.87. The summed E-state index contributed by atoms with van der Waals surface area (Å²) >= 11 is 3.89. The standard InChI is InChI=1S/C32H25Br/c1-21-11-16-29-30(17-21)31(33)20-27-19-26(18-25-9-5-6-10-28(25)32(27)29)24-14-12-23(13-15-24)22-7-3-2-4-8-22/h2-17,20,26H,18-19H2,1H3. The maximum atomic E-state index is 3.89. The molecule has 0 saturated heterocycles. The molecule has 0 N–H and O–H groups in total. The zero-order valence-electron chi connectivity index (χ0n) is 18.7. The average molecular weight is 489 g/mol. The lowest BCUT2D eigenvalue weighted by Crippen LogP contribution is -2.05. The third-order valence-corrected chi connectivity index (χ3v) is 7.69. The largest absolute Gasteiger partial charge is 0.0622 e. The van der Waals surface area contributed by atoms with Gasteiger partial charge in [0.2, 0.25) is 0 Å². The average Bonchev–Trinajstić information content (AvgIpc) is 3.02. The van der Waals surface area contributed by atoms with Crippen LogP contribution in [0.2, 0.25) is 0 Å². The van der Waals surface area contributed by atoms with Crippen LogP contribution in [0.5, 0.6) is 0 Å². The number of fused-ring (bicyclic) bond motifs is 5. The monoisotopic (exact) mass is 488 g/mol. The van der Waals surface area contributed by atoms with Crippen molar-refractivity contribution in [1.29, 1.82) is 0 Å². The van der Waals surface area contributed by atoms with E-state index in [1.54, 1.807) is 0 Å². The van der Waals surface area contributed by atoms with Gasteiger partial charge in [-0.3, -0.25) is 0 Å². The summed E-state index contributed by atoms with van der Waals surface area (Å²) < 4.78 is 1.19. The number of aryl methyl sites for hydroxylation is 1. The van der Waals surface area contributed by atoms with E-state index in [2.05, 4.69) is 126 Å². The molecule has 0 fully saturated rings. The first-order valence-corrected chi connectivity index (χ1v) is 12.4. The molecule has 0 heterocycles. The summed E-state index contributed by atoms with van der Waals surface area (Å²) in [5.74, 6) is 0.451. The molecule has 6 rings (SSSR count). The Kier molecular flexibility index (Phi) is 5.15. The Morgan fingerprint density at radius 2 is 1.33 bits per heavy atom. The van der Waals surface area contributed by atoms with E-state index in [0.717, 1.165) is 12.8 Å². The minimum absolute atomic E-state index is 0.451. The quantitative estimate of drug-likeness (QED) is 0.232. The lowest BCUT2D eigenvalue weighted by Gasteiger charge is -2.18. The Bertz CT molecular complexity index is 1460. The Morgan fingerprint density at radius 3 is 2.15 bits per heavy atom. The fourth-order valence-electron chi connectivity index (χ4n) is 5.39. The molecule has 1 aliphatic rings. The number of rotatable bonds is 2. The molecule has 0 saturated carbocycles. The summed E-state index contributed by atoms with van der Waals surface area (Å²) in [6.07, 6.45) is 2.09. The second-order valence-electron chi connectivity index (χ2n) is 9.19. The van der Waals surface area contributed by atoms with Crippen molar-refractivity contribution in [3.8, 4) is 22.3 Å². The molecule has 0 bridgehead atoms. The molecule has 1 unspecified atom stereocenters. The predicted molar refractivity (Wildman–Crippen MR) is 144 cm³/mol. The molecule has 1 heteroatoms. The van der Waals surface area contributed by atoms with Crippen molar-refractivity contribution in [2.45, 2.75) is 25.7 Å². The molecule has 160 valence electrons. The van der Waals surface area contributed by atoms with Gasteiger partial charge in [0.25, 0.3) is 0 Å². The molecule has 0 amide bonds. The van der Waals surface area contributed by atoms with E-state index in [9.17, 15) is 0 Å². The van der Waals surface area contributed by atoms with E-state index in [1.165, 1.54) is 59.8 Å². The van der Waals surface area contributed by atoms with Crippen LogP contribution < -0.4 is 0 Å². The molecule has 5 aromatic rings. The van der Waals surface area contributed by atoms with Crippen molar-refractivity contribution >= 4 is 26.7 Å². The SMILES string of the molecule is Cc1ccc2c3c(cc(Br)c2c1)CC(c1ccc(-c2ccccc2)cc1)Cc1ccccc1-3. The van der Waals surface area contributed by atoms with Crippen LogP contribution in [0, 0.1) is 6.92 Å². The molecule has 0 spiro atoms. The molecule has 0 radical (unpaired) electrons. The van der Waals surface area contributed by atoms with Crippen LogP contribution in [0.25, 0.3) is 33.0 Å². The molecular weight excluding hydrogens is 464 g/mol. The van der Waals surface area contributed by atoms with Gasteiger partial charge >= 0.3 is 0 Å². The van der Waals surface area contributed by atoms with E-state index in [-0.39, 0.29) is 0 Å². The summed E-state index contributed by atoms with van der Waals surface area (Å²) in [6, 6.07) is 38.1. The van der Waals surface area contributed by atoms with Gasteiger partial charge in [-0.2, -0.15) is 0 Å². The normalized spacial score (nSPS) is 15.0. The van der Waals surface area contributed by atoms with Gasteiger partial charge in [0.1, 0.15) is 0 Å². The Labute approximate surface area is 204 Å². The summed E-state index contributed by atoms with van der Waals surface area (Å²) in [5.41, 5.74) is 10.9. The van der Waals surface area contributed by atoms with Crippen molar-refractivity contribution in [2.75, 3.05) is 0 Å². The second-order valence-corrected chi connectivity index (χ2v) is 10.0. The fraction of sp³-hybridized carbons (Fsp3) is 0.125. The topological polar surface area (TPSA) is 0 Å². The van der Waals surface area contributed by atoms with Gasteiger partial charge in [0.05, 0.1) is 0 Å². The van der Waals surface area contributed by atoms with Crippen LogP contribution in [0.1, 0.15) is 28.2 Å². The maximum absolute atomic E-state index is 3.89. The van der Waals surface area contributed by atoms with Gasteiger partial charge in [0, 0.05) is 4.47 Å². The van der Waals surface area contributed by atoms with Crippen molar-refractivity contribution in [3.63, 3.8) is 0 Å². The summed E-state index contributed by atoms with van der Waals surface area (Å²) in [7, 11) is 0. The summed E-state index contributed by atoms with van der Waals surface area (Å²) in [6.45, 7) is 2.17.